The van der Waals surface area contributed by atoms with Gasteiger partial charge >= 0.3 is 0 Å². The van der Waals surface area contributed by atoms with E-state index in [0.29, 0.717) is 0 Å². The van der Waals surface area contributed by atoms with Crippen molar-refractivity contribution in [2.45, 2.75) is 12.8 Å². The highest BCUT2D eigenvalue weighted by molar-refractivity contribution is 5.71. The number of allylic oxidation sites excluding steroid dienone is 8. The van der Waals surface area contributed by atoms with Gasteiger partial charge in [-0.3, -0.25) is 0 Å². The maximum atomic E-state index is 2.34. The smallest absolute Gasteiger partial charge is 0.00163 e. The van der Waals surface area contributed by atoms with E-state index in [0.717, 1.165) is 6.42 Å². The Kier molecular flexibility index (Phi) is 0.634. The fourth-order valence-electron chi connectivity index (χ4n) is 1.94. The predicted octanol–water partition coefficient (Wildman–Crippen LogP) is 2.51. The van der Waals surface area contributed by atoms with E-state index in [-0.39, 0.29) is 0 Å². The zero-order valence-corrected chi connectivity index (χ0v) is 5.72. The minimum Gasteiger partial charge on any atom is -0.0765 e. The first-order valence-corrected chi connectivity index (χ1v) is 3.76. The molecule has 48 valence electrons. The van der Waals surface area contributed by atoms with E-state index in [1.165, 1.54) is 12.0 Å². The molecule has 0 heteroatoms. The SMILES string of the molecule is C1=CC2=C3C1=CCC=C3C2. The first-order valence-electron chi connectivity index (χ1n) is 3.76. The van der Waals surface area contributed by atoms with Crippen molar-refractivity contribution >= 4 is 0 Å². The summed E-state index contributed by atoms with van der Waals surface area (Å²) in [7, 11) is 0. The van der Waals surface area contributed by atoms with Gasteiger partial charge < -0.3 is 0 Å². The van der Waals surface area contributed by atoms with E-state index < -0.39 is 0 Å². The summed E-state index contributed by atoms with van der Waals surface area (Å²) in [6, 6.07) is 0. The van der Waals surface area contributed by atoms with Crippen molar-refractivity contribution in [3.8, 4) is 0 Å². The summed E-state index contributed by atoms with van der Waals surface area (Å²) in [5, 5.41) is 0. The van der Waals surface area contributed by atoms with Gasteiger partial charge in [-0.1, -0.05) is 24.3 Å². The average molecular weight is 128 g/mol. The molecule has 0 saturated carbocycles. The lowest BCUT2D eigenvalue weighted by Crippen LogP contribution is -2.06. The van der Waals surface area contributed by atoms with Crippen LogP contribution in [0.3, 0.4) is 0 Å². The van der Waals surface area contributed by atoms with E-state index in [4.69, 9.17) is 0 Å². The molecule has 0 aromatic heterocycles. The molecule has 0 unspecified atom stereocenters. The van der Waals surface area contributed by atoms with Gasteiger partial charge in [0.25, 0.3) is 0 Å². The van der Waals surface area contributed by atoms with Crippen LogP contribution in [0.5, 0.6) is 0 Å². The lowest BCUT2D eigenvalue weighted by atomic mass is 9.79. The van der Waals surface area contributed by atoms with Gasteiger partial charge in [0.1, 0.15) is 0 Å². The second kappa shape index (κ2) is 1.34. The largest absolute Gasteiger partial charge is 0.0765 e. The Morgan fingerprint density at radius 2 is 2.10 bits per heavy atom. The third kappa shape index (κ3) is 0.367. The lowest BCUT2D eigenvalue weighted by molar-refractivity contribution is 1.02. The van der Waals surface area contributed by atoms with Crippen molar-refractivity contribution in [3.05, 3.63) is 46.6 Å². The van der Waals surface area contributed by atoms with Crippen LogP contribution in [0, 0.1) is 0 Å². The molecule has 0 saturated heterocycles. The molecule has 3 aliphatic rings. The fraction of sp³-hybridized carbons (Fsp3) is 0.200. The van der Waals surface area contributed by atoms with Gasteiger partial charge in [0.05, 0.1) is 0 Å². The summed E-state index contributed by atoms with van der Waals surface area (Å²) in [6.07, 6.45) is 11.5. The molecule has 3 aliphatic carbocycles. The summed E-state index contributed by atoms with van der Waals surface area (Å²) in [5.41, 5.74) is 6.15. The van der Waals surface area contributed by atoms with Gasteiger partial charge in [-0.25, -0.2) is 0 Å². The van der Waals surface area contributed by atoms with Crippen LogP contribution in [0.25, 0.3) is 0 Å². The van der Waals surface area contributed by atoms with Crippen LogP contribution in [-0.4, -0.2) is 0 Å². The quantitative estimate of drug-likeness (QED) is 0.470. The molecule has 0 spiro atoms. The Morgan fingerprint density at radius 3 is 3.00 bits per heavy atom. The molecule has 0 fully saturated rings. The van der Waals surface area contributed by atoms with E-state index in [2.05, 4.69) is 24.3 Å². The zero-order valence-electron chi connectivity index (χ0n) is 5.72. The average Bonchev–Trinajstić information content (AvgIpc) is 2.25. The minimum atomic E-state index is 1.14. The van der Waals surface area contributed by atoms with Crippen LogP contribution in [0.1, 0.15) is 12.8 Å². The first kappa shape index (κ1) is 4.73. The van der Waals surface area contributed by atoms with Gasteiger partial charge in [0.15, 0.2) is 0 Å². The molecule has 0 nitrogen and oxygen atoms in total. The van der Waals surface area contributed by atoms with Crippen molar-refractivity contribution < 1.29 is 0 Å². The second-order valence-electron chi connectivity index (χ2n) is 3.03. The third-order valence-corrected chi connectivity index (χ3v) is 2.48. The molecule has 0 heterocycles. The molecule has 0 aliphatic heterocycles. The molecule has 0 radical (unpaired) electrons. The predicted molar refractivity (Wildman–Crippen MR) is 41.6 cm³/mol. The van der Waals surface area contributed by atoms with Crippen molar-refractivity contribution in [2.75, 3.05) is 0 Å². The molecular weight excluding hydrogens is 120 g/mol. The Balaban J connectivity index is 2.31. The number of hydrogen-bond acceptors (Lipinski definition) is 0. The molecule has 0 N–H and O–H groups in total. The van der Waals surface area contributed by atoms with E-state index in [1.807, 2.05) is 0 Å². The highest BCUT2D eigenvalue weighted by atomic mass is 14.3. The Labute approximate surface area is 60.2 Å². The fourth-order valence-corrected chi connectivity index (χ4v) is 1.94. The van der Waals surface area contributed by atoms with Crippen molar-refractivity contribution in [3.63, 3.8) is 0 Å². The molecule has 0 bridgehead atoms. The van der Waals surface area contributed by atoms with Gasteiger partial charge in [0.2, 0.25) is 0 Å². The molecule has 3 rings (SSSR count). The van der Waals surface area contributed by atoms with E-state index in [9.17, 15) is 0 Å². The molecular formula is C10H8. The molecule has 0 atom stereocenters. The van der Waals surface area contributed by atoms with Crippen LogP contribution in [0.4, 0.5) is 0 Å². The number of rotatable bonds is 0. The van der Waals surface area contributed by atoms with Crippen molar-refractivity contribution in [2.24, 2.45) is 0 Å². The lowest BCUT2D eigenvalue weighted by Gasteiger charge is -2.24. The third-order valence-electron chi connectivity index (χ3n) is 2.48. The first-order chi connectivity index (χ1) is 4.95. The van der Waals surface area contributed by atoms with Crippen LogP contribution in [0.2, 0.25) is 0 Å². The van der Waals surface area contributed by atoms with E-state index >= 15 is 0 Å². The summed E-state index contributed by atoms with van der Waals surface area (Å²) >= 11 is 0. The van der Waals surface area contributed by atoms with Crippen molar-refractivity contribution in [1.29, 1.82) is 0 Å². The Morgan fingerprint density at radius 1 is 1.10 bits per heavy atom. The standard InChI is InChI=1S/C10H8/c1-2-7-4-5-9-6-8(3-1)10(7)9/h2-5H,1,6H2. The van der Waals surface area contributed by atoms with E-state index in [1.54, 1.807) is 16.7 Å². The molecule has 10 heavy (non-hydrogen) atoms. The Hall–Kier alpha value is -1.04. The van der Waals surface area contributed by atoms with Gasteiger partial charge in [-0.05, 0) is 35.1 Å². The van der Waals surface area contributed by atoms with Gasteiger partial charge in [-0.15, -0.1) is 0 Å². The van der Waals surface area contributed by atoms with Crippen molar-refractivity contribution in [1.82, 2.24) is 0 Å². The number of hydrogen-bond donors (Lipinski definition) is 0. The normalized spacial score (nSPS) is 25.6. The monoisotopic (exact) mass is 128 g/mol. The van der Waals surface area contributed by atoms with Gasteiger partial charge in [0, 0.05) is 0 Å². The summed E-state index contributed by atoms with van der Waals surface area (Å²) in [4.78, 5) is 0. The molecule has 0 amide bonds. The Bertz CT molecular complexity index is 322. The summed E-state index contributed by atoms with van der Waals surface area (Å²) in [5.74, 6) is 0. The van der Waals surface area contributed by atoms with Crippen LogP contribution in [0.15, 0.2) is 46.6 Å². The highest BCUT2D eigenvalue weighted by Gasteiger charge is 2.28. The summed E-state index contributed by atoms with van der Waals surface area (Å²) < 4.78 is 0. The van der Waals surface area contributed by atoms with Crippen LogP contribution < -0.4 is 0 Å². The maximum absolute atomic E-state index is 2.34. The second-order valence-corrected chi connectivity index (χ2v) is 3.03. The minimum absolute atomic E-state index is 1.14. The molecule has 0 aromatic carbocycles. The van der Waals surface area contributed by atoms with Gasteiger partial charge in [-0.2, -0.15) is 0 Å². The topological polar surface area (TPSA) is 0 Å². The van der Waals surface area contributed by atoms with Crippen LogP contribution in [-0.2, 0) is 0 Å². The highest BCUT2D eigenvalue weighted by Crippen LogP contribution is 2.46. The molecule has 0 aromatic rings. The maximum Gasteiger partial charge on any atom is -0.00163 e. The zero-order chi connectivity index (χ0) is 6.55. The van der Waals surface area contributed by atoms with Crippen LogP contribution >= 0.6 is 0 Å². The summed E-state index contributed by atoms with van der Waals surface area (Å²) in [6.45, 7) is 0.